The van der Waals surface area contributed by atoms with E-state index in [4.69, 9.17) is 11.6 Å². The minimum atomic E-state index is -0.761. The Balaban J connectivity index is 1.64. The third-order valence-electron chi connectivity index (χ3n) is 4.59. The Morgan fingerprint density at radius 3 is 2.79 bits per heavy atom. The highest BCUT2D eigenvalue weighted by molar-refractivity contribution is 6.33. The molecule has 0 saturated carbocycles. The fourth-order valence-electron chi connectivity index (χ4n) is 3.21. The number of H-pyrrole nitrogens is 1. The quantitative estimate of drug-likeness (QED) is 0.530. The normalized spacial score (nSPS) is 17.1. The van der Waals surface area contributed by atoms with Gasteiger partial charge in [0.25, 0.3) is 5.91 Å². The molecule has 0 spiro atoms. The molecule has 7 nitrogen and oxygen atoms in total. The summed E-state index contributed by atoms with van der Waals surface area (Å²) < 4.78 is 0. The number of urea groups is 1. The highest BCUT2D eigenvalue weighted by atomic mass is 35.5. The number of halogens is 1. The number of anilines is 1. The monoisotopic (exact) mass is 407 g/mol. The molecule has 29 heavy (non-hydrogen) atoms. The summed E-state index contributed by atoms with van der Waals surface area (Å²) in [6.45, 7) is 1.67. The number of carbonyl (C=O) groups is 2. The van der Waals surface area contributed by atoms with Crippen LogP contribution >= 0.6 is 11.6 Å². The van der Waals surface area contributed by atoms with Gasteiger partial charge in [-0.25, -0.2) is 4.79 Å². The molecule has 4 rings (SSSR count). The molecule has 1 atom stereocenters. The van der Waals surface area contributed by atoms with Crippen LogP contribution in [0.4, 0.5) is 10.5 Å². The van der Waals surface area contributed by atoms with Gasteiger partial charge < -0.3 is 16.0 Å². The Kier molecular flexibility index (Phi) is 5.05. The van der Waals surface area contributed by atoms with Crippen molar-refractivity contribution >= 4 is 46.2 Å². The zero-order chi connectivity index (χ0) is 20.4. The summed E-state index contributed by atoms with van der Waals surface area (Å²) in [5, 5.41) is 16.3. The second-order valence-corrected chi connectivity index (χ2v) is 7.07. The third kappa shape index (κ3) is 4.00. The maximum Gasteiger partial charge on any atom is 0.319 e. The molecule has 2 aromatic carbocycles. The first-order valence-corrected chi connectivity index (χ1v) is 9.34. The molecule has 3 amide bonds. The van der Waals surface area contributed by atoms with Crippen molar-refractivity contribution in [2.75, 3.05) is 5.32 Å². The minimum absolute atomic E-state index is 0.334. The van der Waals surface area contributed by atoms with Gasteiger partial charge in [-0.15, -0.1) is 0 Å². The molecule has 2 heterocycles. The van der Waals surface area contributed by atoms with Gasteiger partial charge in [0.15, 0.2) is 0 Å². The van der Waals surface area contributed by atoms with Crippen molar-refractivity contribution < 1.29 is 9.59 Å². The van der Waals surface area contributed by atoms with Gasteiger partial charge in [0.05, 0.1) is 23.3 Å². The van der Waals surface area contributed by atoms with Crippen molar-refractivity contribution in [1.29, 1.82) is 0 Å². The van der Waals surface area contributed by atoms with Crippen molar-refractivity contribution in [3.63, 3.8) is 0 Å². The molecule has 1 aromatic heterocycles. The van der Waals surface area contributed by atoms with Crippen LogP contribution in [0.5, 0.6) is 0 Å². The van der Waals surface area contributed by atoms with E-state index >= 15 is 0 Å². The number of benzene rings is 2. The smallest absolute Gasteiger partial charge is 0.319 e. The third-order valence-corrected chi connectivity index (χ3v) is 4.92. The van der Waals surface area contributed by atoms with Crippen LogP contribution in [0.3, 0.4) is 0 Å². The summed E-state index contributed by atoms with van der Waals surface area (Å²) in [6, 6.07) is 13.7. The second-order valence-electron chi connectivity index (χ2n) is 6.64. The number of fused-ring (bicyclic) bond motifs is 1. The number of aromatic amines is 1. The average molecular weight is 408 g/mol. The molecule has 146 valence electrons. The summed E-state index contributed by atoms with van der Waals surface area (Å²) in [5.74, 6) is -0.359. The van der Waals surface area contributed by atoms with Crippen LogP contribution in [0.25, 0.3) is 17.0 Å². The molecule has 0 saturated heterocycles. The number of allylic oxidation sites excluding steroid dienone is 1. The molecule has 0 bridgehead atoms. The van der Waals surface area contributed by atoms with Gasteiger partial charge >= 0.3 is 6.03 Å². The number of nitrogens with one attached hydrogen (secondary N) is 4. The Morgan fingerprint density at radius 1 is 1.21 bits per heavy atom. The maximum atomic E-state index is 13.1. The van der Waals surface area contributed by atoms with Crippen LogP contribution in [-0.4, -0.2) is 28.2 Å². The lowest BCUT2D eigenvalue weighted by Crippen LogP contribution is -2.50. The van der Waals surface area contributed by atoms with Crippen LogP contribution in [0.15, 0.2) is 71.0 Å². The summed E-state index contributed by atoms with van der Waals surface area (Å²) in [6.07, 6.45) is 3.41. The van der Waals surface area contributed by atoms with E-state index in [0.29, 0.717) is 22.0 Å². The van der Waals surface area contributed by atoms with Crippen LogP contribution in [0.2, 0.25) is 0 Å². The van der Waals surface area contributed by atoms with Gasteiger partial charge in [-0.1, -0.05) is 41.9 Å². The summed E-state index contributed by atoms with van der Waals surface area (Å²) in [5.41, 5.74) is 3.14. The van der Waals surface area contributed by atoms with Gasteiger partial charge in [0.1, 0.15) is 0 Å². The Hall–Kier alpha value is -3.58. The lowest BCUT2D eigenvalue weighted by atomic mass is 10.00. The molecule has 8 heteroatoms. The van der Waals surface area contributed by atoms with E-state index in [0.717, 1.165) is 16.5 Å². The molecule has 0 aliphatic carbocycles. The number of rotatable bonds is 4. The summed E-state index contributed by atoms with van der Waals surface area (Å²) in [4.78, 5) is 25.1. The summed E-state index contributed by atoms with van der Waals surface area (Å²) in [7, 11) is 0. The number of carbonyl (C=O) groups excluding carboxylic acids is 2. The van der Waals surface area contributed by atoms with Crippen LogP contribution in [0.1, 0.15) is 12.5 Å². The van der Waals surface area contributed by atoms with Crippen LogP contribution in [-0.2, 0) is 4.79 Å². The zero-order valence-electron chi connectivity index (χ0n) is 15.5. The first-order valence-electron chi connectivity index (χ1n) is 8.96. The lowest BCUT2D eigenvalue weighted by molar-refractivity contribution is -0.113. The Bertz CT molecular complexity index is 1150. The molecular formula is C21H18ClN5O2. The highest BCUT2D eigenvalue weighted by Crippen LogP contribution is 2.25. The largest absolute Gasteiger partial charge is 0.326 e. The predicted molar refractivity (Wildman–Crippen MR) is 113 cm³/mol. The molecular weight excluding hydrogens is 390 g/mol. The number of hydrogen-bond acceptors (Lipinski definition) is 3. The fraction of sp³-hybridized carbons (Fsp3) is 0.0952. The van der Waals surface area contributed by atoms with E-state index in [1.54, 1.807) is 25.3 Å². The van der Waals surface area contributed by atoms with Gasteiger partial charge in [0.2, 0.25) is 0 Å². The maximum absolute atomic E-state index is 13.1. The molecule has 0 radical (unpaired) electrons. The number of aromatic nitrogens is 2. The van der Waals surface area contributed by atoms with E-state index in [9.17, 15) is 9.59 Å². The van der Waals surface area contributed by atoms with E-state index < -0.39 is 12.1 Å². The molecule has 3 aromatic rings. The first-order chi connectivity index (χ1) is 14.0. The molecule has 1 aliphatic rings. The van der Waals surface area contributed by atoms with E-state index in [-0.39, 0.29) is 5.91 Å². The number of hydrogen-bond donors (Lipinski definition) is 4. The van der Waals surface area contributed by atoms with Crippen molar-refractivity contribution in [2.24, 2.45) is 0 Å². The van der Waals surface area contributed by atoms with Crippen LogP contribution < -0.4 is 16.0 Å². The highest BCUT2D eigenvalue weighted by Gasteiger charge is 2.32. The first kappa shape index (κ1) is 18.8. The average Bonchev–Trinajstić information content (AvgIpc) is 3.16. The molecule has 1 unspecified atom stereocenters. The summed E-state index contributed by atoms with van der Waals surface area (Å²) >= 11 is 6.52. The lowest BCUT2D eigenvalue weighted by Gasteiger charge is -2.28. The number of amides is 3. The van der Waals surface area contributed by atoms with Crippen molar-refractivity contribution in [3.8, 4) is 0 Å². The zero-order valence-corrected chi connectivity index (χ0v) is 16.2. The van der Waals surface area contributed by atoms with Crippen molar-refractivity contribution in [1.82, 2.24) is 20.8 Å². The molecule has 4 N–H and O–H groups in total. The van der Waals surface area contributed by atoms with Gasteiger partial charge in [-0.05, 0) is 36.8 Å². The van der Waals surface area contributed by atoms with Gasteiger partial charge in [0, 0.05) is 21.8 Å². The van der Waals surface area contributed by atoms with E-state index in [1.165, 1.54) is 0 Å². The number of nitrogens with zero attached hydrogens (tertiary/aromatic N) is 1. The van der Waals surface area contributed by atoms with Crippen LogP contribution in [0, 0.1) is 0 Å². The predicted octanol–water partition coefficient (Wildman–Crippen LogP) is 3.74. The van der Waals surface area contributed by atoms with E-state index in [2.05, 4.69) is 26.1 Å². The SMILES string of the molecule is CC1=C(C(=O)Nc2ccc3[nH]ncc3c2)C(/C(Cl)=C/c2ccccc2)NC(=O)N1. The van der Waals surface area contributed by atoms with Gasteiger partial charge in [-0.2, -0.15) is 5.10 Å². The van der Waals surface area contributed by atoms with Crippen molar-refractivity contribution in [3.05, 3.63) is 76.6 Å². The van der Waals surface area contributed by atoms with Gasteiger partial charge in [-0.3, -0.25) is 9.89 Å². The molecule has 1 aliphatic heterocycles. The fourth-order valence-corrected chi connectivity index (χ4v) is 3.50. The van der Waals surface area contributed by atoms with Crippen molar-refractivity contribution in [2.45, 2.75) is 13.0 Å². The minimum Gasteiger partial charge on any atom is -0.326 e. The van der Waals surface area contributed by atoms with E-state index in [1.807, 2.05) is 42.5 Å². The topological polar surface area (TPSA) is 98.9 Å². The second kappa shape index (κ2) is 7.81. The Morgan fingerprint density at radius 2 is 2.00 bits per heavy atom. The standard InChI is InChI=1S/C21H18ClN5O2/c1-12-18(20(28)25-15-7-8-17-14(10-15)11-23-27-17)19(26-21(29)24-12)16(22)9-13-5-3-2-4-6-13/h2-11,19H,1H3,(H,23,27)(H,25,28)(H2,24,26,29)/b16-9-. The Labute approximate surface area is 171 Å². The molecule has 0 fully saturated rings.